The van der Waals surface area contributed by atoms with E-state index in [1.807, 2.05) is 0 Å². The van der Waals surface area contributed by atoms with Gasteiger partial charge in [0, 0.05) is 12.8 Å². The number of carbonyl (C=O) groups is 3. The first-order valence-corrected chi connectivity index (χ1v) is 6.43. The summed E-state index contributed by atoms with van der Waals surface area (Å²) in [6.45, 7) is 6.82. The van der Waals surface area contributed by atoms with Crippen molar-refractivity contribution >= 4 is 17.5 Å². The largest absolute Gasteiger partial charge is 0.459 e. The summed E-state index contributed by atoms with van der Waals surface area (Å²) < 4.78 is 5.36. The highest BCUT2D eigenvalue weighted by Gasteiger charge is 2.50. The second kappa shape index (κ2) is 5.21. The van der Waals surface area contributed by atoms with Crippen LogP contribution in [0.3, 0.4) is 0 Å². The first kappa shape index (κ1) is 14.9. The molecule has 0 N–H and O–H groups in total. The minimum atomic E-state index is -1.07. The average Bonchev–Trinajstić information content (AvgIpc) is 2.55. The van der Waals surface area contributed by atoms with Gasteiger partial charge in [0.2, 0.25) is 0 Å². The van der Waals surface area contributed by atoms with Crippen LogP contribution in [0.1, 0.15) is 59.8 Å². The third-order valence-corrected chi connectivity index (χ3v) is 3.23. The van der Waals surface area contributed by atoms with E-state index in [4.69, 9.17) is 4.74 Å². The molecule has 1 atom stereocenters. The number of ether oxygens (including phenoxy) is 1. The first-order chi connectivity index (χ1) is 8.17. The minimum absolute atomic E-state index is 0.00219. The van der Waals surface area contributed by atoms with Crippen molar-refractivity contribution in [2.45, 2.75) is 65.4 Å². The molecule has 0 heterocycles. The molecule has 1 rings (SSSR count). The van der Waals surface area contributed by atoms with Crippen molar-refractivity contribution in [3.05, 3.63) is 0 Å². The molecule has 0 aliphatic heterocycles. The number of rotatable bonds is 4. The zero-order chi connectivity index (χ0) is 14.0. The molecule has 0 aromatic rings. The van der Waals surface area contributed by atoms with Gasteiger partial charge in [0.1, 0.15) is 22.6 Å². The van der Waals surface area contributed by atoms with E-state index in [9.17, 15) is 14.4 Å². The molecular formula is C14H22O4. The van der Waals surface area contributed by atoms with Crippen LogP contribution in [0.15, 0.2) is 0 Å². The summed E-state index contributed by atoms with van der Waals surface area (Å²) in [5.74, 6) is -0.533. The van der Waals surface area contributed by atoms with Crippen molar-refractivity contribution in [1.29, 1.82) is 0 Å². The van der Waals surface area contributed by atoms with Gasteiger partial charge in [0.25, 0.3) is 0 Å². The van der Waals surface area contributed by atoms with Crippen molar-refractivity contribution < 1.29 is 19.1 Å². The molecule has 1 saturated carbocycles. The van der Waals surface area contributed by atoms with Gasteiger partial charge in [-0.1, -0.05) is 0 Å². The van der Waals surface area contributed by atoms with Crippen LogP contribution in [-0.2, 0) is 19.1 Å². The maximum absolute atomic E-state index is 12.3. The second-order valence-electron chi connectivity index (χ2n) is 6.06. The molecule has 1 aliphatic carbocycles. The predicted molar refractivity (Wildman–Crippen MR) is 67.1 cm³/mol. The van der Waals surface area contributed by atoms with E-state index in [2.05, 4.69) is 0 Å². The molecule has 0 spiro atoms. The Morgan fingerprint density at radius 1 is 1.33 bits per heavy atom. The molecule has 102 valence electrons. The van der Waals surface area contributed by atoms with Crippen molar-refractivity contribution in [2.24, 2.45) is 5.41 Å². The van der Waals surface area contributed by atoms with E-state index in [-0.39, 0.29) is 24.4 Å². The molecule has 0 aromatic heterocycles. The Morgan fingerprint density at radius 3 is 2.33 bits per heavy atom. The van der Waals surface area contributed by atoms with E-state index in [0.29, 0.717) is 19.3 Å². The monoisotopic (exact) mass is 254 g/mol. The van der Waals surface area contributed by atoms with Gasteiger partial charge < -0.3 is 9.53 Å². The fraction of sp³-hybridized carbons (Fsp3) is 0.786. The molecular weight excluding hydrogens is 232 g/mol. The van der Waals surface area contributed by atoms with Crippen molar-refractivity contribution in [2.75, 3.05) is 0 Å². The zero-order valence-corrected chi connectivity index (χ0v) is 11.7. The van der Waals surface area contributed by atoms with Crippen LogP contribution in [0.25, 0.3) is 0 Å². The average molecular weight is 254 g/mol. The number of hydrogen-bond donors (Lipinski definition) is 0. The van der Waals surface area contributed by atoms with Crippen molar-refractivity contribution in [3.8, 4) is 0 Å². The molecule has 18 heavy (non-hydrogen) atoms. The van der Waals surface area contributed by atoms with Crippen LogP contribution >= 0.6 is 0 Å². The topological polar surface area (TPSA) is 60.4 Å². The van der Waals surface area contributed by atoms with Gasteiger partial charge in [0.05, 0.1) is 0 Å². The Hall–Kier alpha value is -1.19. The smallest absolute Gasteiger partial charge is 0.320 e. The fourth-order valence-corrected chi connectivity index (χ4v) is 2.28. The van der Waals surface area contributed by atoms with Gasteiger partial charge >= 0.3 is 5.97 Å². The molecule has 4 nitrogen and oxygen atoms in total. The summed E-state index contributed by atoms with van der Waals surface area (Å²) in [6, 6.07) is 0. The highest BCUT2D eigenvalue weighted by Crippen LogP contribution is 2.41. The van der Waals surface area contributed by atoms with E-state index >= 15 is 0 Å². The van der Waals surface area contributed by atoms with Crippen LogP contribution < -0.4 is 0 Å². The van der Waals surface area contributed by atoms with Crippen molar-refractivity contribution in [3.63, 3.8) is 0 Å². The van der Waals surface area contributed by atoms with E-state index in [0.717, 1.165) is 0 Å². The number of ketones is 2. The van der Waals surface area contributed by atoms with Crippen LogP contribution in [0.5, 0.6) is 0 Å². The lowest BCUT2D eigenvalue weighted by Crippen LogP contribution is -2.41. The summed E-state index contributed by atoms with van der Waals surface area (Å²) in [5.41, 5.74) is -1.68. The molecule has 0 radical (unpaired) electrons. The maximum Gasteiger partial charge on any atom is 0.320 e. The Morgan fingerprint density at radius 2 is 1.94 bits per heavy atom. The van der Waals surface area contributed by atoms with Crippen LogP contribution in [0.2, 0.25) is 0 Å². The molecule has 0 bridgehead atoms. The van der Waals surface area contributed by atoms with Gasteiger partial charge in [-0.05, 0) is 47.0 Å². The standard InChI is InChI=1S/C14H22O4/c1-10(15)7-9-14(8-5-6-11(14)16)12(17)18-13(2,3)4/h5-9H2,1-4H3/t14-/m0/s1. The molecule has 4 heteroatoms. The summed E-state index contributed by atoms with van der Waals surface area (Å²) >= 11 is 0. The lowest BCUT2D eigenvalue weighted by Gasteiger charge is -2.29. The van der Waals surface area contributed by atoms with Crippen molar-refractivity contribution in [1.82, 2.24) is 0 Å². The number of carbonyl (C=O) groups excluding carboxylic acids is 3. The molecule has 0 amide bonds. The van der Waals surface area contributed by atoms with Crippen LogP contribution in [-0.4, -0.2) is 23.1 Å². The third-order valence-electron chi connectivity index (χ3n) is 3.23. The van der Waals surface area contributed by atoms with E-state index < -0.39 is 17.0 Å². The first-order valence-electron chi connectivity index (χ1n) is 6.43. The van der Waals surface area contributed by atoms with Gasteiger partial charge in [0.15, 0.2) is 0 Å². The van der Waals surface area contributed by atoms with E-state index in [1.165, 1.54) is 6.92 Å². The normalized spacial score (nSPS) is 24.1. The summed E-state index contributed by atoms with van der Waals surface area (Å²) in [7, 11) is 0. The Balaban J connectivity index is 2.88. The molecule has 1 fully saturated rings. The third kappa shape index (κ3) is 3.40. The summed E-state index contributed by atoms with van der Waals surface area (Å²) in [6.07, 6.45) is 2.17. The number of esters is 1. The van der Waals surface area contributed by atoms with Crippen LogP contribution in [0.4, 0.5) is 0 Å². The zero-order valence-electron chi connectivity index (χ0n) is 11.7. The molecule has 0 aromatic carbocycles. The summed E-state index contributed by atoms with van der Waals surface area (Å²) in [4.78, 5) is 35.4. The highest BCUT2D eigenvalue weighted by molar-refractivity contribution is 6.05. The molecule has 0 unspecified atom stereocenters. The number of Topliss-reactive ketones (excluding diaryl/α,β-unsaturated/α-hetero) is 2. The Kier molecular flexibility index (Phi) is 4.30. The number of hydrogen-bond acceptors (Lipinski definition) is 4. The molecule has 0 saturated heterocycles. The lowest BCUT2D eigenvalue weighted by atomic mass is 9.80. The highest BCUT2D eigenvalue weighted by atomic mass is 16.6. The SMILES string of the molecule is CC(=O)CC[C@@]1(C(=O)OC(C)(C)C)CCCC1=O. The summed E-state index contributed by atoms with van der Waals surface area (Å²) in [5, 5.41) is 0. The van der Waals surface area contributed by atoms with Gasteiger partial charge in [-0.2, -0.15) is 0 Å². The maximum atomic E-state index is 12.3. The fourth-order valence-electron chi connectivity index (χ4n) is 2.28. The van der Waals surface area contributed by atoms with Gasteiger partial charge in [-0.25, -0.2) is 0 Å². The Labute approximate surface area is 108 Å². The Bertz CT molecular complexity index is 364. The predicted octanol–water partition coefficient (Wildman–Crippen LogP) is 2.44. The van der Waals surface area contributed by atoms with E-state index in [1.54, 1.807) is 20.8 Å². The second-order valence-corrected chi connectivity index (χ2v) is 6.06. The minimum Gasteiger partial charge on any atom is -0.459 e. The van der Waals surface area contributed by atoms with Crippen LogP contribution in [0, 0.1) is 5.41 Å². The van der Waals surface area contributed by atoms with Gasteiger partial charge in [-0.15, -0.1) is 0 Å². The lowest BCUT2D eigenvalue weighted by molar-refractivity contribution is -0.169. The van der Waals surface area contributed by atoms with Gasteiger partial charge in [-0.3, -0.25) is 9.59 Å². The molecule has 1 aliphatic rings. The quantitative estimate of drug-likeness (QED) is 0.571.